The first-order chi connectivity index (χ1) is 13.3. The third-order valence-corrected chi connectivity index (χ3v) is 7.15. The number of carboxylic acids is 1. The number of benzene rings is 2. The third-order valence-electron chi connectivity index (χ3n) is 4.74. The Labute approximate surface area is 168 Å². The Morgan fingerprint density at radius 1 is 1.21 bits per heavy atom. The predicted octanol–water partition coefficient (Wildman–Crippen LogP) is 3.12. The number of aliphatic carboxylic acids is 1. The maximum atomic E-state index is 13.3. The Bertz CT molecular complexity index is 1010. The molecule has 150 valence electrons. The molecular formula is C19H20ClNO6S. The standard InChI is InChI=1S/C19H20ClNO6S/c1-26-16-9-12-7-8-21(28(24,25)18-6-4-3-5-14(18)20)15(11-19(22)23)13(12)10-17(16)27-2/h3-6,9-10,15H,7-8,11H2,1-2H3,(H,22,23). The van der Waals surface area contributed by atoms with Crippen molar-refractivity contribution >= 4 is 27.6 Å². The van der Waals surface area contributed by atoms with E-state index in [2.05, 4.69) is 0 Å². The van der Waals surface area contributed by atoms with Crippen LogP contribution in [0.25, 0.3) is 0 Å². The van der Waals surface area contributed by atoms with E-state index in [1.165, 1.54) is 30.7 Å². The van der Waals surface area contributed by atoms with Gasteiger partial charge in [0.05, 0.1) is 31.7 Å². The highest BCUT2D eigenvalue weighted by atomic mass is 35.5. The molecule has 1 aliphatic rings. The van der Waals surface area contributed by atoms with E-state index in [-0.39, 0.29) is 22.9 Å². The normalized spacial score (nSPS) is 17.0. The number of fused-ring (bicyclic) bond motifs is 1. The van der Waals surface area contributed by atoms with E-state index >= 15 is 0 Å². The van der Waals surface area contributed by atoms with E-state index in [9.17, 15) is 18.3 Å². The van der Waals surface area contributed by atoms with Gasteiger partial charge in [-0.3, -0.25) is 4.79 Å². The fourth-order valence-electron chi connectivity index (χ4n) is 3.45. The number of halogens is 1. The van der Waals surface area contributed by atoms with Crippen LogP contribution in [0.4, 0.5) is 0 Å². The maximum absolute atomic E-state index is 13.3. The molecule has 28 heavy (non-hydrogen) atoms. The predicted molar refractivity (Wildman–Crippen MR) is 104 cm³/mol. The maximum Gasteiger partial charge on any atom is 0.305 e. The summed E-state index contributed by atoms with van der Waals surface area (Å²) in [7, 11) is -1.02. The molecule has 0 radical (unpaired) electrons. The van der Waals surface area contributed by atoms with Crippen molar-refractivity contribution in [2.45, 2.75) is 23.8 Å². The minimum atomic E-state index is -4.00. The van der Waals surface area contributed by atoms with Gasteiger partial charge in [0.1, 0.15) is 4.90 Å². The summed E-state index contributed by atoms with van der Waals surface area (Å²) < 4.78 is 38.4. The van der Waals surface area contributed by atoms with Crippen LogP contribution in [0.1, 0.15) is 23.6 Å². The largest absolute Gasteiger partial charge is 0.493 e. The summed E-state index contributed by atoms with van der Waals surface area (Å²) in [6.45, 7) is 0.133. The molecule has 0 bridgehead atoms. The molecule has 0 spiro atoms. The molecule has 1 atom stereocenters. The van der Waals surface area contributed by atoms with Crippen molar-refractivity contribution < 1.29 is 27.8 Å². The van der Waals surface area contributed by atoms with Gasteiger partial charge in [-0.05, 0) is 41.8 Å². The first kappa shape index (κ1) is 20.4. The van der Waals surface area contributed by atoms with Crippen molar-refractivity contribution in [3.05, 3.63) is 52.5 Å². The van der Waals surface area contributed by atoms with Gasteiger partial charge in [-0.2, -0.15) is 4.31 Å². The second-order valence-electron chi connectivity index (χ2n) is 6.32. The smallest absolute Gasteiger partial charge is 0.305 e. The van der Waals surface area contributed by atoms with Crippen molar-refractivity contribution in [2.75, 3.05) is 20.8 Å². The zero-order chi connectivity index (χ0) is 20.5. The van der Waals surface area contributed by atoms with E-state index in [1.54, 1.807) is 24.3 Å². The molecule has 2 aromatic rings. The van der Waals surface area contributed by atoms with Crippen LogP contribution in [-0.2, 0) is 21.2 Å². The van der Waals surface area contributed by atoms with Crippen LogP contribution in [0.5, 0.6) is 11.5 Å². The molecule has 0 fully saturated rings. The molecule has 1 aliphatic heterocycles. The molecule has 7 nitrogen and oxygen atoms in total. The van der Waals surface area contributed by atoms with E-state index in [0.29, 0.717) is 23.5 Å². The summed E-state index contributed by atoms with van der Waals surface area (Å²) in [4.78, 5) is 11.5. The molecule has 0 amide bonds. The Kier molecular flexibility index (Phi) is 5.83. The van der Waals surface area contributed by atoms with Gasteiger partial charge < -0.3 is 14.6 Å². The quantitative estimate of drug-likeness (QED) is 0.764. The lowest BCUT2D eigenvalue weighted by Gasteiger charge is -2.36. The first-order valence-electron chi connectivity index (χ1n) is 8.52. The summed E-state index contributed by atoms with van der Waals surface area (Å²) >= 11 is 6.11. The van der Waals surface area contributed by atoms with Crippen molar-refractivity contribution in [1.29, 1.82) is 0 Å². The Morgan fingerprint density at radius 2 is 1.86 bits per heavy atom. The fourth-order valence-corrected chi connectivity index (χ4v) is 5.55. The number of carboxylic acid groups (broad SMARTS) is 1. The molecule has 1 N–H and O–H groups in total. The summed E-state index contributed by atoms with van der Waals surface area (Å²) in [5, 5.41) is 9.52. The molecule has 2 aromatic carbocycles. The lowest BCUT2D eigenvalue weighted by Crippen LogP contribution is -2.41. The van der Waals surface area contributed by atoms with Gasteiger partial charge in [0.2, 0.25) is 10.0 Å². The van der Waals surface area contributed by atoms with Gasteiger partial charge in [0.15, 0.2) is 11.5 Å². The van der Waals surface area contributed by atoms with Crippen LogP contribution in [0.3, 0.4) is 0 Å². The van der Waals surface area contributed by atoms with Crippen LogP contribution in [-0.4, -0.2) is 44.6 Å². The zero-order valence-corrected chi connectivity index (χ0v) is 17.0. The van der Waals surface area contributed by atoms with Crippen molar-refractivity contribution in [3.8, 4) is 11.5 Å². The number of hydrogen-bond donors (Lipinski definition) is 1. The van der Waals surface area contributed by atoms with E-state index in [1.807, 2.05) is 0 Å². The van der Waals surface area contributed by atoms with Crippen LogP contribution in [0.2, 0.25) is 5.02 Å². The molecule has 0 saturated heterocycles. The number of nitrogens with zero attached hydrogens (tertiary/aromatic N) is 1. The molecule has 1 heterocycles. The third kappa shape index (κ3) is 3.67. The molecule has 9 heteroatoms. The average Bonchev–Trinajstić information content (AvgIpc) is 2.66. The highest BCUT2D eigenvalue weighted by molar-refractivity contribution is 7.89. The second-order valence-corrected chi connectivity index (χ2v) is 8.58. The Morgan fingerprint density at radius 3 is 2.46 bits per heavy atom. The number of rotatable bonds is 6. The van der Waals surface area contributed by atoms with Crippen molar-refractivity contribution in [2.24, 2.45) is 0 Å². The summed E-state index contributed by atoms with van der Waals surface area (Å²) in [5.41, 5.74) is 1.41. The Hall–Kier alpha value is -2.29. The number of sulfonamides is 1. The number of methoxy groups -OCH3 is 2. The molecule has 3 rings (SSSR count). The summed E-state index contributed by atoms with van der Waals surface area (Å²) in [6.07, 6.45) is 0.0294. The monoisotopic (exact) mass is 425 g/mol. The van der Waals surface area contributed by atoms with Gasteiger partial charge in [-0.25, -0.2) is 8.42 Å². The van der Waals surface area contributed by atoms with E-state index < -0.39 is 22.0 Å². The SMILES string of the molecule is COc1cc2c(cc1OC)C(CC(=O)O)N(S(=O)(=O)c1ccccc1Cl)CC2. The zero-order valence-electron chi connectivity index (χ0n) is 15.4. The fraction of sp³-hybridized carbons (Fsp3) is 0.316. The van der Waals surface area contributed by atoms with E-state index in [4.69, 9.17) is 21.1 Å². The second kappa shape index (κ2) is 7.98. The topological polar surface area (TPSA) is 93.1 Å². The molecule has 0 aromatic heterocycles. The van der Waals surface area contributed by atoms with Gasteiger partial charge in [0.25, 0.3) is 0 Å². The van der Waals surface area contributed by atoms with Gasteiger partial charge >= 0.3 is 5.97 Å². The summed E-state index contributed by atoms with van der Waals surface area (Å²) in [5.74, 6) is -0.182. The first-order valence-corrected chi connectivity index (χ1v) is 10.3. The average molecular weight is 426 g/mol. The molecule has 0 aliphatic carbocycles. The van der Waals surface area contributed by atoms with Gasteiger partial charge in [-0.15, -0.1) is 0 Å². The number of ether oxygens (including phenoxy) is 2. The van der Waals surface area contributed by atoms with Crippen LogP contribution in [0, 0.1) is 0 Å². The Balaban J connectivity index is 2.14. The molecular weight excluding hydrogens is 406 g/mol. The number of carbonyl (C=O) groups is 1. The lowest BCUT2D eigenvalue weighted by atomic mass is 9.92. The lowest BCUT2D eigenvalue weighted by molar-refractivity contribution is -0.138. The van der Waals surface area contributed by atoms with Crippen molar-refractivity contribution in [1.82, 2.24) is 4.31 Å². The highest BCUT2D eigenvalue weighted by Crippen LogP contribution is 2.42. The van der Waals surface area contributed by atoms with Crippen molar-refractivity contribution in [3.63, 3.8) is 0 Å². The molecule has 1 unspecified atom stereocenters. The van der Waals surface area contributed by atoms with Crippen LogP contribution >= 0.6 is 11.6 Å². The highest BCUT2D eigenvalue weighted by Gasteiger charge is 2.39. The minimum absolute atomic E-state index is 0.0454. The minimum Gasteiger partial charge on any atom is -0.493 e. The van der Waals surface area contributed by atoms with Crippen LogP contribution in [0.15, 0.2) is 41.3 Å². The van der Waals surface area contributed by atoms with Gasteiger partial charge in [-0.1, -0.05) is 23.7 Å². The van der Waals surface area contributed by atoms with Gasteiger partial charge in [0, 0.05) is 6.54 Å². The molecule has 0 saturated carbocycles. The number of hydrogen-bond acceptors (Lipinski definition) is 5. The van der Waals surface area contributed by atoms with E-state index in [0.717, 1.165) is 5.56 Å². The van der Waals surface area contributed by atoms with Crippen LogP contribution < -0.4 is 9.47 Å². The summed E-state index contributed by atoms with van der Waals surface area (Å²) in [6, 6.07) is 8.65.